The minimum Gasteiger partial charge on any atom is -0.328 e. The van der Waals surface area contributed by atoms with E-state index in [1.165, 1.54) is 11.3 Å². The van der Waals surface area contributed by atoms with Gasteiger partial charge in [0, 0.05) is 11.3 Å². The van der Waals surface area contributed by atoms with Gasteiger partial charge in [0.1, 0.15) is 6.54 Å². The predicted octanol–water partition coefficient (Wildman–Crippen LogP) is 2.46. The van der Waals surface area contributed by atoms with Crippen LogP contribution in [0.2, 0.25) is 0 Å². The highest BCUT2D eigenvalue weighted by molar-refractivity contribution is 7.91. The molecule has 1 aromatic heterocycles. The third-order valence-electron chi connectivity index (χ3n) is 3.44. The van der Waals surface area contributed by atoms with Gasteiger partial charge in [0.25, 0.3) is 0 Å². The van der Waals surface area contributed by atoms with Crippen molar-refractivity contribution < 1.29 is 26.4 Å². The van der Waals surface area contributed by atoms with E-state index < -0.39 is 28.5 Å². The normalized spacial score (nSPS) is 21.0. The van der Waals surface area contributed by atoms with Crippen molar-refractivity contribution in [1.82, 2.24) is 4.90 Å². The van der Waals surface area contributed by atoms with Crippen LogP contribution in [0.15, 0.2) is 17.5 Å². The summed E-state index contributed by atoms with van der Waals surface area (Å²) in [4.78, 5) is 13.6. The van der Waals surface area contributed by atoms with Crippen molar-refractivity contribution in [2.45, 2.75) is 25.6 Å². The summed E-state index contributed by atoms with van der Waals surface area (Å²) in [5.41, 5.74) is 0. The second kappa shape index (κ2) is 6.57. The lowest BCUT2D eigenvalue weighted by atomic mass is 10.0. The van der Waals surface area contributed by atoms with Crippen molar-refractivity contribution in [2.75, 3.05) is 18.1 Å². The molecule has 0 bridgehead atoms. The molecule has 1 aromatic rings. The van der Waals surface area contributed by atoms with Gasteiger partial charge in [-0.15, -0.1) is 11.3 Å². The first-order chi connectivity index (χ1) is 10.1. The number of carbonyl (C=O) groups excluding carboxylic acids is 1. The van der Waals surface area contributed by atoms with Crippen LogP contribution < -0.4 is 0 Å². The number of thiophene rings is 1. The fraction of sp³-hybridized carbons (Fsp3) is 0.615. The lowest BCUT2D eigenvalue weighted by Gasteiger charge is -2.24. The highest BCUT2D eigenvalue weighted by atomic mass is 32.2. The number of hydrogen-bond acceptors (Lipinski definition) is 4. The molecule has 1 unspecified atom stereocenters. The van der Waals surface area contributed by atoms with Crippen molar-refractivity contribution in [3.63, 3.8) is 0 Å². The fourth-order valence-electron chi connectivity index (χ4n) is 2.45. The zero-order valence-electron chi connectivity index (χ0n) is 11.7. The van der Waals surface area contributed by atoms with E-state index in [0.29, 0.717) is 11.3 Å². The van der Waals surface area contributed by atoms with Crippen molar-refractivity contribution >= 4 is 27.1 Å². The molecule has 124 valence electrons. The molecule has 0 aliphatic carbocycles. The highest BCUT2D eigenvalue weighted by Crippen LogP contribution is 2.25. The van der Waals surface area contributed by atoms with Crippen molar-refractivity contribution in [3.05, 3.63) is 22.4 Å². The Balaban J connectivity index is 2.02. The first-order valence-electron chi connectivity index (χ1n) is 6.72. The van der Waals surface area contributed by atoms with E-state index >= 15 is 0 Å². The van der Waals surface area contributed by atoms with Crippen LogP contribution in [-0.4, -0.2) is 43.5 Å². The fourth-order valence-corrected chi connectivity index (χ4v) is 5.03. The van der Waals surface area contributed by atoms with Gasteiger partial charge in [-0.25, -0.2) is 8.42 Å². The third-order valence-corrected chi connectivity index (χ3v) is 6.14. The monoisotopic (exact) mass is 355 g/mol. The van der Waals surface area contributed by atoms with Crippen LogP contribution in [0.1, 0.15) is 17.7 Å². The van der Waals surface area contributed by atoms with Crippen molar-refractivity contribution in [2.24, 2.45) is 5.92 Å². The molecule has 1 saturated heterocycles. The second-order valence-corrected chi connectivity index (χ2v) is 8.68. The summed E-state index contributed by atoms with van der Waals surface area (Å²) in [6.45, 7) is -1.42. The molecule has 1 aliphatic rings. The molecule has 1 fully saturated rings. The number of nitrogens with zero attached hydrogens (tertiary/aromatic N) is 1. The lowest BCUT2D eigenvalue weighted by Crippen LogP contribution is -2.39. The minimum atomic E-state index is -4.48. The van der Waals surface area contributed by atoms with E-state index in [-0.39, 0.29) is 30.4 Å². The number of sulfone groups is 1. The Kier molecular flexibility index (Phi) is 5.16. The number of halogens is 3. The zero-order valence-corrected chi connectivity index (χ0v) is 13.3. The summed E-state index contributed by atoms with van der Waals surface area (Å²) in [6.07, 6.45) is -4.29. The standard InChI is InChI=1S/C13H16F3NO3S2/c14-13(15,16)9-17(7-11-2-1-4-21-11)12(18)6-10-3-5-22(19,20)8-10/h1-2,4,10H,3,5-9H2. The molecule has 0 radical (unpaired) electrons. The van der Waals surface area contributed by atoms with E-state index in [9.17, 15) is 26.4 Å². The molecule has 4 nitrogen and oxygen atoms in total. The zero-order chi connectivity index (χ0) is 16.4. The number of carbonyl (C=O) groups is 1. The summed E-state index contributed by atoms with van der Waals surface area (Å²) >= 11 is 1.28. The SMILES string of the molecule is O=C(CC1CCS(=O)(=O)C1)N(Cc1cccs1)CC(F)(F)F. The van der Waals surface area contributed by atoms with Gasteiger partial charge in [0.2, 0.25) is 5.91 Å². The van der Waals surface area contributed by atoms with Gasteiger partial charge in [0.15, 0.2) is 9.84 Å². The lowest BCUT2D eigenvalue weighted by molar-refractivity contribution is -0.162. The Morgan fingerprint density at radius 2 is 2.14 bits per heavy atom. The third kappa shape index (κ3) is 5.28. The first-order valence-corrected chi connectivity index (χ1v) is 9.42. The second-order valence-electron chi connectivity index (χ2n) is 5.42. The molecular formula is C13H16F3NO3S2. The van der Waals surface area contributed by atoms with E-state index in [1.54, 1.807) is 17.5 Å². The van der Waals surface area contributed by atoms with Crippen LogP contribution in [0.5, 0.6) is 0 Å². The Hall–Kier alpha value is -1.09. The average molecular weight is 355 g/mol. The van der Waals surface area contributed by atoms with Gasteiger partial charge in [0.05, 0.1) is 18.1 Å². The summed E-state index contributed by atoms with van der Waals surface area (Å²) in [6, 6.07) is 3.38. The maximum atomic E-state index is 12.6. The summed E-state index contributed by atoms with van der Waals surface area (Å²) in [5, 5.41) is 1.73. The topological polar surface area (TPSA) is 54.5 Å². The molecule has 1 atom stereocenters. The molecule has 2 rings (SSSR count). The summed E-state index contributed by atoms with van der Waals surface area (Å²) in [7, 11) is -3.14. The molecule has 1 aliphatic heterocycles. The van der Waals surface area contributed by atoms with E-state index in [0.717, 1.165) is 4.90 Å². The summed E-state index contributed by atoms with van der Waals surface area (Å²) in [5.74, 6) is -1.13. The number of hydrogen-bond donors (Lipinski definition) is 0. The minimum absolute atomic E-state index is 0.00907. The van der Waals surface area contributed by atoms with E-state index in [1.807, 2.05) is 0 Å². The number of alkyl halides is 3. The van der Waals surface area contributed by atoms with Gasteiger partial charge < -0.3 is 4.90 Å². The Morgan fingerprint density at radius 3 is 2.64 bits per heavy atom. The molecular weight excluding hydrogens is 339 g/mol. The summed E-state index contributed by atoms with van der Waals surface area (Å²) < 4.78 is 60.7. The molecule has 0 saturated carbocycles. The Labute approximate surface area is 130 Å². The average Bonchev–Trinajstić information content (AvgIpc) is 2.96. The van der Waals surface area contributed by atoms with Crippen molar-refractivity contribution in [1.29, 1.82) is 0 Å². The van der Waals surface area contributed by atoms with E-state index in [2.05, 4.69) is 0 Å². The molecule has 2 heterocycles. The molecule has 22 heavy (non-hydrogen) atoms. The largest absolute Gasteiger partial charge is 0.406 e. The predicted molar refractivity (Wildman–Crippen MR) is 77.2 cm³/mol. The maximum absolute atomic E-state index is 12.6. The van der Waals surface area contributed by atoms with Crippen LogP contribution in [0.3, 0.4) is 0 Å². The molecule has 0 spiro atoms. The quantitative estimate of drug-likeness (QED) is 0.815. The van der Waals surface area contributed by atoms with Crippen molar-refractivity contribution in [3.8, 4) is 0 Å². The van der Waals surface area contributed by atoms with Gasteiger partial charge in [-0.2, -0.15) is 13.2 Å². The van der Waals surface area contributed by atoms with Gasteiger partial charge in [-0.05, 0) is 23.8 Å². The van der Waals surface area contributed by atoms with Crippen LogP contribution in [0.25, 0.3) is 0 Å². The van der Waals surface area contributed by atoms with Crippen LogP contribution in [0.4, 0.5) is 13.2 Å². The van der Waals surface area contributed by atoms with Gasteiger partial charge in [-0.3, -0.25) is 4.79 Å². The molecule has 0 aromatic carbocycles. The smallest absolute Gasteiger partial charge is 0.328 e. The van der Waals surface area contributed by atoms with E-state index in [4.69, 9.17) is 0 Å². The first kappa shape index (κ1) is 17.3. The number of amides is 1. The molecule has 9 heteroatoms. The molecule has 0 N–H and O–H groups in total. The van der Waals surface area contributed by atoms with Gasteiger partial charge in [-0.1, -0.05) is 6.07 Å². The van der Waals surface area contributed by atoms with Crippen LogP contribution >= 0.6 is 11.3 Å². The Morgan fingerprint density at radius 1 is 1.41 bits per heavy atom. The highest BCUT2D eigenvalue weighted by Gasteiger charge is 2.35. The Bertz CT molecular complexity index is 611. The molecule has 1 amide bonds. The van der Waals surface area contributed by atoms with Gasteiger partial charge >= 0.3 is 6.18 Å². The van der Waals surface area contributed by atoms with Crippen LogP contribution in [0, 0.1) is 5.92 Å². The maximum Gasteiger partial charge on any atom is 0.406 e. The van der Waals surface area contributed by atoms with Crippen LogP contribution in [-0.2, 0) is 21.2 Å². The number of rotatable bonds is 5.